The number of halogens is 3. The van der Waals surface area contributed by atoms with Crippen LogP contribution < -0.4 is 5.32 Å². The largest absolute Gasteiger partial charge is 0.465 e. The van der Waals surface area contributed by atoms with Crippen molar-refractivity contribution in [3.05, 3.63) is 29.8 Å². The quantitative estimate of drug-likeness (QED) is 0.647. The van der Waals surface area contributed by atoms with Gasteiger partial charge in [-0.2, -0.15) is 13.2 Å². The zero-order valence-corrected chi connectivity index (χ0v) is 11.2. The standard InChI is InChI=1S/C13H14F3NO4/c1-20-12(19)9-2-4-10(5-3-9)17-11(18)6-7-21-8-13(14,15)16/h2-5H,6-8H2,1H3,(H,17,18). The van der Waals surface area contributed by atoms with Crippen molar-refractivity contribution >= 4 is 17.6 Å². The van der Waals surface area contributed by atoms with E-state index in [4.69, 9.17) is 0 Å². The number of hydrogen-bond acceptors (Lipinski definition) is 4. The SMILES string of the molecule is COC(=O)c1ccc(NC(=O)CCOCC(F)(F)F)cc1. The predicted molar refractivity (Wildman–Crippen MR) is 67.9 cm³/mol. The number of anilines is 1. The lowest BCUT2D eigenvalue weighted by Gasteiger charge is -2.08. The van der Waals surface area contributed by atoms with Crippen molar-refractivity contribution in [2.24, 2.45) is 0 Å². The molecule has 1 rings (SSSR count). The van der Waals surface area contributed by atoms with Gasteiger partial charge in [0.05, 0.1) is 25.7 Å². The monoisotopic (exact) mass is 305 g/mol. The Bertz CT molecular complexity index is 485. The molecule has 8 heteroatoms. The van der Waals surface area contributed by atoms with E-state index in [1.807, 2.05) is 0 Å². The number of benzene rings is 1. The van der Waals surface area contributed by atoms with Crippen LogP contribution in [0.4, 0.5) is 18.9 Å². The summed E-state index contributed by atoms with van der Waals surface area (Å²) in [5.41, 5.74) is 0.743. The molecule has 0 saturated heterocycles. The first kappa shape index (κ1) is 17.0. The predicted octanol–water partition coefficient (Wildman–Crippen LogP) is 2.38. The third-order valence-corrected chi connectivity index (χ3v) is 2.33. The highest BCUT2D eigenvalue weighted by molar-refractivity contribution is 5.93. The first-order chi connectivity index (χ1) is 9.81. The summed E-state index contributed by atoms with van der Waals surface area (Å²) in [4.78, 5) is 22.6. The Kier molecular flexibility index (Phi) is 6.16. The molecule has 0 spiro atoms. The second-order valence-corrected chi connectivity index (χ2v) is 4.03. The number of esters is 1. The lowest BCUT2D eigenvalue weighted by Crippen LogP contribution is -2.20. The first-order valence-electron chi connectivity index (χ1n) is 5.94. The van der Waals surface area contributed by atoms with E-state index >= 15 is 0 Å². The van der Waals surface area contributed by atoms with Crippen LogP contribution in [0.2, 0.25) is 0 Å². The third kappa shape index (κ3) is 6.75. The van der Waals surface area contributed by atoms with E-state index < -0.39 is 24.7 Å². The minimum atomic E-state index is -4.40. The Morgan fingerprint density at radius 3 is 2.33 bits per heavy atom. The number of alkyl halides is 3. The molecule has 1 N–H and O–H groups in total. The van der Waals surface area contributed by atoms with Crippen LogP contribution >= 0.6 is 0 Å². The van der Waals surface area contributed by atoms with Crippen molar-refractivity contribution < 1.29 is 32.2 Å². The van der Waals surface area contributed by atoms with Gasteiger partial charge in [-0.3, -0.25) is 4.79 Å². The fraction of sp³-hybridized carbons (Fsp3) is 0.385. The van der Waals surface area contributed by atoms with Gasteiger partial charge in [0.2, 0.25) is 5.91 Å². The molecule has 0 aromatic heterocycles. The number of rotatable bonds is 6. The van der Waals surface area contributed by atoms with Crippen LogP contribution in [0.15, 0.2) is 24.3 Å². The molecule has 0 unspecified atom stereocenters. The number of carbonyl (C=O) groups is 2. The fourth-order valence-corrected chi connectivity index (χ4v) is 1.38. The van der Waals surface area contributed by atoms with Crippen LogP contribution in [0.5, 0.6) is 0 Å². The summed E-state index contributed by atoms with van der Waals surface area (Å²) in [6.45, 7) is -1.71. The van der Waals surface area contributed by atoms with Gasteiger partial charge in [0.1, 0.15) is 6.61 Å². The molecule has 116 valence electrons. The molecule has 21 heavy (non-hydrogen) atoms. The highest BCUT2D eigenvalue weighted by atomic mass is 19.4. The van der Waals surface area contributed by atoms with E-state index in [0.717, 1.165) is 0 Å². The topological polar surface area (TPSA) is 64.6 Å². The summed E-state index contributed by atoms with van der Waals surface area (Å²) in [5.74, 6) is -0.989. The highest BCUT2D eigenvalue weighted by Crippen LogP contribution is 2.14. The molecule has 0 atom stereocenters. The highest BCUT2D eigenvalue weighted by Gasteiger charge is 2.27. The smallest absolute Gasteiger partial charge is 0.411 e. The first-order valence-corrected chi connectivity index (χ1v) is 5.94. The van der Waals surface area contributed by atoms with E-state index in [2.05, 4.69) is 14.8 Å². The number of amides is 1. The summed E-state index contributed by atoms with van der Waals surface area (Å²) >= 11 is 0. The molecular weight excluding hydrogens is 291 g/mol. The maximum atomic E-state index is 11.8. The maximum absolute atomic E-state index is 11.8. The normalized spacial score (nSPS) is 11.0. The molecule has 0 heterocycles. The van der Waals surface area contributed by atoms with Crippen molar-refractivity contribution in [3.63, 3.8) is 0 Å². The van der Waals surface area contributed by atoms with Gasteiger partial charge in [0.15, 0.2) is 0 Å². The van der Waals surface area contributed by atoms with Gasteiger partial charge < -0.3 is 14.8 Å². The van der Waals surface area contributed by atoms with Gasteiger partial charge in [-0.25, -0.2) is 4.79 Å². The number of nitrogens with one attached hydrogen (secondary N) is 1. The Morgan fingerprint density at radius 1 is 1.19 bits per heavy atom. The molecule has 0 aliphatic carbocycles. The van der Waals surface area contributed by atoms with E-state index in [0.29, 0.717) is 11.3 Å². The zero-order valence-electron chi connectivity index (χ0n) is 11.2. The molecule has 0 fully saturated rings. The number of ether oxygens (including phenoxy) is 2. The summed E-state index contributed by atoms with van der Waals surface area (Å²) in [7, 11) is 1.25. The minimum Gasteiger partial charge on any atom is -0.465 e. The van der Waals surface area contributed by atoms with Crippen molar-refractivity contribution in [1.82, 2.24) is 0 Å². The van der Waals surface area contributed by atoms with E-state index in [1.165, 1.54) is 31.4 Å². The van der Waals surface area contributed by atoms with E-state index in [-0.39, 0.29) is 13.0 Å². The van der Waals surface area contributed by atoms with Gasteiger partial charge in [-0.05, 0) is 24.3 Å². The van der Waals surface area contributed by atoms with Crippen molar-refractivity contribution in [1.29, 1.82) is 0 Å². The van der Waals surface area contributed by atoms with Gasteiger partial charge in [-0.1, -0.05) is 0 Å². The average Bonchev–Trinajstić information content (AvgIpc) is 2.42. The third-order valence-electron chi connectivity index (χ3n) is 2.33. The molecule has 5 nitrogen and oxygen atoms in total. The van der Waals surface area contributed by atoms with E-state index in [9.17, 15) is 22.8 Å². The Labute approximate surface area is 119 Å². The van der Waals surface area contributed by atoms with Crippen LogP contribution in [0.25, 0.3) is 0 Å². The van der Waals surface area contributed by atoms with Crippen LogP contribution in [0, 0.1) is 0 Å². The Balaban J connectivity index is 2.36. The van der Waals surface area contributed by atoms with Crippen molar-refractivity contribution in [3.8, 4) is 0 Å². The lowest BCUT2D eigenvalue weighted by molar-refractivity contribution is -0.174. The van der Waals surface area contributed by atoms with Crippen LogP contribution in [0.1, 0.15) is 16.8 Å². The molecule has 0 saturated carbocycles. The summed E-state index contributed by atoms with van der Waals surface area (Å²) in [6, 6.07) is 5.89. The van der Waals surface area contributed by atoms with Gasteiger partial charge >= 0.3 is 12.1 Å². The number of hydrogen-bond donors (Lipinski definition) is 1. The van der Waals surface area contributed by atoms with Crippen LogP contribution in [0.3, 0.4) is 0 Å². The summed E-state index contributed by atoms with van der Waals surface area (Å²) in [5, 5.41) is 2.47. The Hall–Kier alpha value is -2.09. The summed E-state index contributed by atoms with van der Waals surface area (Å²) < 4.78 is 44.2. The molecule has 1 aromatic carbocycles. The lowest BCUT2D eigenvalue weighted by atomic mass is 10.2. The summed E-state index contributed by atoms with van der Waals surface area (Å²) in [6.07, 6.45) is -4.60. The van der Waals surface area contributed by atoms with E-state index in [1.54, 1.807) is 0 Å². The number of carbonyl (C=O) groups excluding carboxylic acids is 2. The second-order valence-electron chi connectivity index (χ2n) is 4.03. The molecule has 0 radical (unpaired) electrons. The zero-order chi connectivity index (χ0) is 15.9. The molecular formula is C13H14F3NO4. The molecule has 0 aliphatic rings. The number of methoxy groups -OCH3 is 1. The van der Waals surface area contributed by atoms with Gasteiger partial charge in [0.25, 0.3) is 0 Å². The minimum absolute atomic E-state index is 0.200. The molecule has 0 bridgehead atoms. The van der Waals surface area contributed by atoms with Crippen molar-refractivity contribution in [2.45, 2.75) is 12.6 Å². The second kappa shape index (κ2) is 7.63. The Morgan fingerprint density at radius 2 is 1.81 bits per heavy atom. The fourth-order valence-electron chi connectivity index (χ4n) is 1.38. The van der Waals surface area contributed by atoms with Gasteiger partial charge in [-0.15, -0.1) is 0 Å². The molecule has 0 aliphatic heterocycles. The van der Waals surface area contributed by atoms with Crippen LogP contribution in [-0.4, -0.2) is 38.4 Å². The molecule has 1 amide bonds. The molecule has 1 aromatic rings. The van der Waals surface area contributed by atoms with Crippen LogP contribution in [-0.2, 0) is 14.3 Å². The maximum Gasteiger partial charge on any atom is 0.411 e. The van der Waals surface area contributed by atoms with Gasteiger partial charge in [0, 0.05) is 5.69 Å². The average molecular weight is 305 g/mol. The van der Waals surface area contributed by atoms with Crippen molar-refractivity contribution in [2.75, 3.05) is 25.6 Å².